The van der Waals surface area contributed by atoms with Crippen LogP contribution in [0.3, 0.4) is 0 Å². The SMILES string of the molecule is CC1(C(O)CNc2ncc(Cl)c(=O)[nH]2)CC1. The Kier molecular flexibility index (Phi) is 2.90. The molecule has 1 aromatic rings. The second-order valence-electron chi connectivity index (χ2n) is 4.46. The highest BCUT2D eigenvalue weighted by atomic mass is 35.5. The molecule has 88 valence electrons. The molecule has 0 spiro atoms. The lowest BCUT2D eigenvalue weighted by molar-refractivity contribution is 0.115. The normalized spacial score (nSPS) is 19.2. The van der Waals surface area contributed by atoms with Crippen LogP contribution >= 0.6 is 11.6 Å². The maximum absolute atomic E-state index is 11.2. The molecular weight excluding hydrogens is 230 g/mol. The molecule has 1 fully saturated rings. The first-order valence-electron chi connectivity index (χ1n) is 5.18. The summed E-state index contributed by atoms with van der Waals surface area (Å²) >= 11 is 5.54. The minimum Gasteiger partial charge on any atom is -0.391 e. The molecule has 0 radical (unpaired) electrons. The van der Waals surface area contributed by atoms with E-state index in [4.69, 9.17) is 11.6 Å². The van der Waals surface area contributed by atoms with Crippen molar-refractivity contribution in [3.05, 3.63) is 21.6 Å². The van der Waals surface area contributed by atoms with E-state index in [1.54, 1.807) is 0 Å². The highest BCUT2D eigenvalue weighted by Gasteiger charge is 2.43. The van der Waals surface area contributed by atoms with Crippen LogP contribution in [0.1, 0.15) is 19.8 Å². The van der Waals surface area contributed by atoms with Gasteiger partial charge in [-0.3, -0.25) is 9.78 Å². The van der Waals surface area contributed by atoms with Gasteiger partial charge in [-0.25, -0.2) is 4.98 Å². The Morgan fingerprint density at radius 2 is 2.44 bits per heavy atom. The van der Waals surface area contributed by atoms with Gasteiger partial charge in [0.1, 0.15) is 5.02 Å². The fourth-order valence-corrected chi connectivity index (χ4v) is 1.54. The van der Waals surface area contributed by atoms with Gasteiger partial charge in [-0.2, -0.15) is 0 Å². The van der Waals surface area contributed by atoms with Crippen molar-refractivity contribution >= 4 is 17.5 Å². The van der Waals surface area contributed by atoms with Crippen LogP contribution in [0.25, 0.3) is 0 Å². The summed E-state index contributed by atoms with van der Waals surface area (Å²) in [4.78, 5) is 17.5. The quantitative estimate of drug-likeness (QED) is 0.737. The predicted octanol–water partition coefficient (Wildman–Crippen LogP) is 0.996. The van der Waals surface area contributed by atoms with Gasteiger partial charge in [-0.15, -0.1) is 0 Å². The van der Waals surface area contributed by atoms with Gasteiger partial charge in [0.2, 0.25) is 5.95 Å². The van der Waals surface area contributed by atoms with Gasteiger partial charge in [0.15, 0.2) is 0 Å². The summed E-state index contributed by atoms with van der Waals surface area (Å²) in [5.41, 5.74) is -0.356. The van der Waals surface area contributed by atoms with E-state index in [1.165, 1.54) is 6.20 Å². The number of aromatic amines is 1. The topological polar surface area (TPSA) is 78.0 Å². The van der Waals surface area contributed by atoms with Gasteiger partial charge in [-0.05, 0) is 18.3 Å². The molecule has 1 heterocycles. The van der Waals surface area contributed by atoms with Crippen molar-refractivity contribution in [2.24, 2.45) is 5.41 Å². The maximum Gasteiger partial charge on any atom is 0.271 e. The number of aromatic nitrogens is 2. The zero-order chi connectivity index (χ0) is 11.8. The predicted molar refractivity (Wildman–Crippen MR) is 61.7 cm³/mol. The Bertz CT molecular complexity index is 442. The van der Waals surface area contributed by atoms with E-state index in [0.29, 0.717) is 12.5 Å². The Morgan fingerprint density at radius 1 is 1.75 bits per heavy atom. The van der Waals surface area contributed by atoms with Crippen LogP contribution in [0.2, 0.25) is 5.02 Å². The minimum absolute atomic E-state index is 0.0275. The molecule has 1 aromatic heterocycles. The first kappa shape index (κ1) is 11.4. The van der Waals surface area contributed by atoms with Crippen molar-refractivity contribution in [2.75, 3.05) is 11.9 Å². The van der Waals surface area contributed by atoms with Crippen molar-refractivity contribution in [1.29, 1.82) is 0 Å². The minimum atomic E-state index is -0.423. The number of nitrogens with one attached hydrogen (secondary N) is 2. The number of nitrogens with zero attached hydrogens (tertiary/aromatic N) is 1. The third kappa shape index (κ3) is 2.36. The van der Waals surface area contributed by atoms with Crippen molar-refractivity contribution in [3.63, 3.8) is 0 Å². The molecule has 0 aliphatic heterocycles. The van der Waals surface area contributed by atoms with Gasteiger partial charge in [-0.1, -0.05) is 18.5 Å². The van der Waals surface area contributed by atoms with Crippen molar-refractivity contribution in [2.45, 2.75) is 25.9 Å². The third-order valence-corrected chi connectivity index (χ3v) is 3.33. The molecule has 16 heavy (non-hydrogen) atoms. The number of hydrogen-bond acceptors (Lipinski definition) is 4. The molecular formula is C10H14ClN3O2. The van der Waals surface area contributed by atoms with Crippen LogP contribution in [0.4, 0.5) is 5.95 Å². The lowest BCUT2D eigenvalue weighted by Crippen LogP contribution is -2.28. The molecule has 2 rings (SSSR count). The van der Waals surface area contributed by atoms with Crippen LogP contribution in [0, 0.1) is 5.41 Å². The first-order chi connectivity index (χ1) is 7.51. The molecule has 1 unspecified atom stereocenters. The summed E-state index contributed by atoms with van der Waals surface area (Å²) in [5.74, 6) is 0.331. The molecule has 0 bridgehead atoms. The van der Waals surface area contributed by atoms with Crippen molar-refractivity contribution < 1.29 is 5.11 Å². The summed E-state index contributed by atoms with van der Waals surface area (Å²) in [6, 6.07) is 0. The van der Waals surface area contributed by atoms with Gasteiger partial charge < -0.3 is 10.4 Å². The monoisotopic (exact) mass is 243 g/mol. The fourth-order valence-electron chi connectivity index (χ4n) is 1.44. The molecule has 0 saturated heterocycles. The molecule has 5 nitrogen and oxygen atoms in total. The Hall–Kier alpha value is -1.07. The van der Waals surface area contributed by atoms with Gasteiger partial charge in [0.05, 0.1) is 12.3 Å². The summed E-state index contributed by atoms with van der Waals surface area (Å²) < 4.78 is 0. The zero-order valence-electron chi connectivity index (χ0n) is 8.96. The maximum atomic E-state index is 11.2. The van der Waals surface area contributed by atoms with Crippen LogP contribution in [0.15, 0.2) is 11.0 Å². The number of rotatable bonds is 4. The van der Waals surface area contributed by atoms with E-state index in [0.717, 1.165) is 12.8 Å². The van der Waals surface area contributed by atoms with Crippen LogP contribution in [0.5, 0.6) is 0 Å². The van der Waals surface area contributed by atoms with Crippen LogP contribution in [-0.2, 0) is 0 Å². The smallest absolute Gasteiger partial charge is 0.271 e. The Morgan fingerprint density at radius 3 is 3.00 bits per heavy atom. The largest absolute Gasteiger partial charge is 0.391 e. The van der Waals surface area contributed by atoms with E-state index >= 15 is 0 Å². The van der Waals surface area contributed by atoms with Crippen LogP contribution in [-0.4, -0.2) is 27.7 Å². The Labute approximate surface area is 97.9 Å². The summed E-state index contributed by atoms with van der Waals surface area (Å²) in [7, 11) is 0. The summed E-state index contributed by atoms with van der Waals surface area (Å²) in [6.07, 6.45) is 2.95. The number of anilines is 1. The lowest BCUT2D eigenvalue weighted by atomic mass is 10.0. The van der Waals surface area contributed by atoms with Crippen LogP contribution < -0.4 is 10.9 Å². The molecule has 0 aromatic carbocycles. The lowest BCUT2D eigenvalue weighted by Gasteiger charge is -2.17. The summed E-state index contributed by atoms with van der Waals surface area (Å²) in [5, 5.41) is 12.8. The van der Waals surface area contributed by atoms with E-state index < -0.39 is 6.10 Å². The standard InChI is InChI=1S/C10H14ClN3O2/c1-10(2-3-10)7(15)5-13-9-12-4-6(11)8(16)14-9/h4,7,15H,2-3,5H2,1H3,(H2,12,13,14,16). The molecule has 6 heteroatoms. The Balaban J connectivity index is 1.94. The van der Waals surface area contributed by atoms with E-state index in [2.05, 4.69) is 15.3 Å². The number of halogens is 1. The van der Waals surface area contributed by atoms with E-state index in [-0.39, 0.29) is 16.0 Å². The highest BCUT2D eigenvalue weighted by molar-refractivity contribution is 6.30. The molecule has 1 aliphatic rings. The number of hydrogen-bond donors (Lipinski definition) is 3. The second kappa shape index (κ2) is 4.07. The van der Waals surface area contributed by atoms with E-state index in [9.17, 15) is 9.90 Å². The number of aliphatic hydroxyl groups excluding tert-OH is 1. The van der Waals surface area contributed by atoms with Gasteiger partial charge >= 0.3 is 0 Å². The zero-order valence-corrected chi connectivity index (χ0v) is 9.71. The van der Waals surface area contributed by atoms with Crippen molar-refractivity contribution in [3.8, 4) is 0 Å². The second-order valence-corrected chi connectivity index (χ2v) is 4.87. The van der Waals surface area contributed by atoms with Gasteiger partial charge in [0, 0.05) is 6.54 Å². The van der Waals surface area contributed by atoms with Gasteiger partial charge in [0.25, 0.3) is 5.56 Å². The number of H-pyrrole nitrogens is 1. The van der Waals surface area contributed by atoms with Crippen molar-refractivity contribution in [1.82, 2.24) is 9.97 Å². The van der Waals surface area contributed by atoms with E-state index in [1.807, 2.05) is 6.92 Å². The molecule has 1 aliphatic carbocycles. The average molecular weight is 244 g/mol. The summed E-state index contributed by atoms with van der Waals surface area (Å²) in [6.45, 7) is 2.42. The highest BCUT2D eigenvalue weighted by Crippen LogP contribution is 2.47. The average Bonchev–Trinajstić information content (AvgIpc) is 2.99. The molecule has 1 atom stereocenters. The molecule has 0 amide bonds. The fraction of sp³-hybridized carbons (Fsp3) is 0.600. The first-order valence-corrected chi connectivity index (χ1v) is 5.56. The number of aliphatic hydroxyl groups is 1. The molecule has 3 N–H and O–H groups in total. The third-order valence-electron chi connectivity index (χ3n) is 3.06. The molecule has 1 saturated carbocycles.